The maximum Gasteiger partial charge on any atom is 0.573 e. The molecule has 0 unspecified atom stereocenters. The van der Waals surface area contributed by atoms with Crippen molar-refractivity contribution >= 4 is 29.9 Å². The number of ether oxygens (including phenoxy) is 1. The van der Waals surface area contributed by atoms with Crippen LogP contribution in [0.2, 0.25) is 0 Å². The zero-order valence-corrected chi connectivity index (χ0v) is 20.3. The zero-order chi connectivity index (χ0) is 24.3. The fourth-order valence-electron chi connectivity index (χ4n) is 4.76. The number of pyridine rings is 2. The highest BCUT2D eigenvalue weighted by molar-refractivity contribution is 5.85. The SMILES string of the molecule is Cl.FC(F)(F)Oc1ccnc(Nc2cc(N3CCC4(CCCNC4)CC3)nc(-c3cccnc3)n2)c1. The van der Waals surface area contributed by atoms with Gasteiger partial charge >= 0.3 is 6.36 Å². The Morgan fingerprint density at radius 3 is 2.56 bits per heavy atom. The lowest BCUT2D eigenvalue weighted by Crippen LogP contribution is -2.48. The summed E-state index contributed by atoms with van der Waals surface area (Å²) in [5.41, 5.74) is 1.09. The van der Waals surface area contributed by atoms with E-state index < -0.39 is 6.36 Å². The number of rotatable bonds is 5. The molecule has 3 aromatic heterocycles. The van der Waals surface area contributed by atoms with E-state index in [2.05, 4.69) is 35.2 Å². The molecule has 2 N–H and O–H groups in total. The number of aromatic nitrogens is 4. The molecule has 2 aliphatic heterocycles. The number of hydrogen-bond donors (Lipinski definition) is 2. The number of hydrogen-bond acceptors (Lipinski definition) is 8. The molecule has 12 heteroatoms. The average molecular weight is 522 g/mol. The van der Waals surface area contributed by atoms with Gasteiger partial charge in [-0.25, -0.2) is 15.0 Å². The Bertz CT molecular complexity index is 1150. The average Bonchev–Trinajstić information content (AvgIpc) is 2.85. The highest BCUT2D eigenvalue weighted by Crippen LogP contribution is 2.39. The van der Waals surface area contributed by atoms with Crippen LogP contribution in [0.4, 0.5) is 30.6 Å². The predicted octanol–water partition coefficient (Wildman–Crippen LogP) is 4.97. The van der Waals surface area contributed by atoms with Crippen molar-refractivity contribution < 1.29 is 17.9 Å². The van der Waals surface area contributed by atoms with E-state index in [1.807, 2.05) is 6.07 Å². The summed E-state index contributed by atoms with van der Waals surface area (Å²) in [4.78, 5) is 19.9. The molecule has 1 spiro atoms. The second-order valence-electron chi connectivity index (χ2n) is 8.99. The van der Waals surface area contributed by atoms with Crippen LogP contribution in [-0.2, 0) is 0 Å². The van der Waals surface area contributed by atoms with Gasteiger partial charge in [-0.15, -0.1) is 25.6 Å². The second kappa shape index (κ2) is 10.8. The summed E-state index contributed by atoms with van der Waals surface area (Å²) in [6.45, 7) is 3.89. The molecule has 0 radical (unpaired) electrons. The Kier molecular flexibility index (Phi) is 7.79. The van der Waals surface area contributed by atoms with Crippen molar-refractivity contribution in [3.05, 3.63) is 48.9 Å². The van der Waals surface area contributed by atoms with Crippen molar-refractivity contribution in [3.63, 3.8) is 0 Å². The van der Waals surface area contributed by atoms with E-state index in [1.54, 1.807) is 24.5 Å². The fourth-order valence-corrected chi connectivity index (χ4v) is 4.76. The van der Waals surface area contributed by atoms with E-state index in [-0.39, 0.29) is 24.0 Å². The van der Waals surface area contributed by atoms with E-state index in [1.165, 1.54) is 25.1 Å². The van der Waals surface area contributed by atoms with Crippen LogP contribution in [0.25, 0.3) is 11.4 Å². The number of halogens is 4. The topological polar surface area (TPSA) is 88.1 Å². The van der Waals surface area contributed by atoms with Gasteiger partial charge in [0.05, 0.1) is 0 Å². The normalized spacial score (nSPS) is 17.4. The number of piperidine rings is 2. The fraction of sp³-hybridized carbons (Fsp3) is 0.417. The van der Waals surface area contributed by atoms with Crippen molar-refractivity contribution in [2.75, 3.05) is 36.4 Å². The summed E-state index contributed by atoms with van der Waals surface area (Å²) < 4.78 is 41.9. The Labute approximate surface area is 213 Å². The first-order valence-corrected chi connectivity index (χ1v) is 11.6. The molecule has 0 atom stereocenters. The first kappa shape index (κ1) is 25.9. The Hall–Kier alpha value is -3.18. The molecule has 0 aromatic carbocycles. The molecule has 2 fully saturated rings. The first-order chi connectivity index (χ1) is 16.9. The molecule has 3 aromatic rings. The summed E-state index contributed by atoms with van der Waals surface area (Å²) in [6, 6.07) is 7.80. The standard InChI is InChI=1S/C24H26F3N7O.ClH/c25-24(26,27)35-18-4-10-30-19(13-18)31-20-14-21(33-22(32-20)17-3-1-8-28-15-17)34-11-6-23(7-12-34)5-2-9-29-16-23;/h1,3-4,8,10,13-15,29H,2,5-7,9,11-12,16H2,(H,30,31,32,33);1H. The number of nitrogens with zero attached hydrogens (tertiary/aromatic N) is 5. The molecular formula is C24H27ClF3N7O. The highest BCUT2D eigenvalue weighted by atomic mass is 35.5. The molecular weight excluding hydrogens is 495 g/mol. The minimum atomic E-state index is -4.78. The van der Waals surface area contributed by atoms with E-state index in [0.717, 1.165) is 56.5 Å². The van der Waals surface area contributed by atoms with E-state index >= 15 is 0 Å². The second-order valence-corrected chi connectivity index (χ2v) is 8.99. The summed E-state index contributed by atoms with van der Waals surface area (Å²) in [5, 5.41) is 6.55. The van der Waals surface area contributed by atoms with Crippen LogP contribution in [0.5, 0.6) is 5.75 Å². The van der Waals surface area contributed by atoms with Gasteiger partial charge < -0.3 is 20.3 Å². The van der Waals surface area contributed by atoms with Crippen molar-refractivity contribution in [1.82, 2.24) is 25.3 Å². The van der Waals surface area contributed by atoms with Crippen LogP contribution in [0.1, 0.15) is 25.7 Å². The van der Waals surface area contributed by atoms with Crippen molar-refractivity contribution in [2.45, 2.75) is 32.0 Å². The number of anilines is 3. The molecule has 36 heavy (non-hydrogen) atoms. The maximum atomic E-state index is 12.6. The van der Waals surface area contributed by atoms with Crippen molar-refractivity contribution in [2.24, 2.45) is 5.41 Å². The van der Waals surface area contributed by atoms with E-state index in [9.17, 15) is 13.2 Å². The monoisotopic (exact) mass is 521 g/mol. The highest BCUT2D eigenvalue weighted by Gasteiger charge is 2.36. The van der Waals surface area contributed by atoms with Crippen LogP contribution in [0, 0.1) is 5.41 Å². The van der Waals surface area contributed by atoms with Crippen molar-refractivity contribution in [1.29, 1.82) is 0 Å². The summed E-state index contributed by atoms with van der Waals surface area (Å²) >= 11 is 0. The first-order valence-electron chi connectivity index (χ1n) is 11.6. The van der Waals surface area contributed by atoms with Gasteiger partial charge in [0, 0.05) is 55.9 Å². The van der Waals surface area contributed by atoms with Gasteiger partial charge in [0.2, 0.25) is 0 Å². The van der Waals surface area contributed by atoms with Gasteiger partial charge in [0.1, 0.15) is 23.2 Å². The van der Waals surface area contributed by atoms with Gasteiger partial charge in [-0.2, -0.15) is 0 Å². The molecule has 0 saturated carbocycles. The largest absolute Gasteiger partial charge is 0.573 e. The van der Waals surface area contributed by atoms with Crippen LogP contribution < -0.4 is 20.3 Å². The third kappa shape index (κ3) is 6.33. The lowest BCUT2D eigenvalue weighted by Gasteiger charge is -2.44. The van der Waals surface area contributed by atoms with Gasteiger partial charge in [-0.1, -0.05) is 0 Å². The quantitative estimate of drug-likeness (QED) is 0.487. The predicted molar refractivity (Wildman–Crippen MR) is 133 cm³/mol. The van der Waals surface area contributed by atoms with Crippen LogP contribution in [0.3, 0.4) is 0 Å². The molecule has 0 bridgehead atoms. The van der Waals surface area contributed by atoms with Gasteiger partial charge in [-0.05, 0) is 55.8 Å². The molecule has 2 saturated heterocycles. The van der Waals surface area contributed by atoms with Crippen molar-refractivity contribution in [3.8, 4) is 17.1 Å². The number of nitrogens with one attached hydrogen (secondary N) is 2. The van der Waals surface area contributed by atoms with Gasteiger partial charge in [0.25, 0.3) is 0 Å². The smallest absolute Gasteiger partial charge is 0.406 e. The minimum absolute atomic E-state index is 0. The van der Waals surface area contributed by atoms with E-state index in [4.69, 9.17) is 4.98 Å². The van der Waals surface area contributed by atoms with Crippen LogP contribution in [0.15, 0.2) is 48.9 Å². The number of alkyl halides is 3. The zero-order valence-electron chi connectivity index (χ0n) is 19.5. The molecule has 5 heterocycles. The van der Waals surface area contributed by atoms with Gasteiger partial charge in [-0.3, -0.25) is 4.98 Å². The molecule has 0 aliphatic carbocycles. The third-order valence-electron chi connectivity index (χ3n) is 6.56. The lowest BCUT2D eigenvalue weighted by atomic mass is 9.73. The molecule has 5 rings (SSSR count). The van der Waals surface area contributed by atoms with Crippen LogP contribution >= 0.6 is 12.4 Å². The summed E-state index contributed by atoms with van der Waals surface area (Å²) in [7, 11) is 0. The van der Waals surface area contributed by atoms with E-state index in [0.29, 0.717) is 17.1 Å². The van der Waals surface area contributed by atoms with Crippen LogP contribution in [-0.4, -0.2) is 52.5 Å². The Morgan fingerprint density at radius 1 is 1.03 bits per heavy atom. The summed E-state index contributed by atoms with van der Waals surface area (Å²) in [6.07, 6.45) is 4.41. The lowest BCUT2D eigenvalue weighted by molar-refractivity contribution is -0.274. The molecule has 0 amide bonds. The van der Waals surface area contributed by atoms with Gasteiger partial charge in [0.15, 0.2) is 5.82 Å². The Morgan fingerprint density at radius 2 is 1.86 bits per heavy atom. The minimum Gasteiger partial charge on any atom is -0.406 e. The molecule has 192 valence electrons. The summed E-state index contributed by atoms with van der Waals surface area (Å²) in [5.74, 6) is 1.46. The third-order valence-corrected chi connectivity index (χ3v) is 6.56. The molecule has 2 aliphatic rings. The molecule has 8 nitrogen and oxygen atoms in total. The Balaban J connectivity index is 0.00000304. The maximum absolute atomic E-state index is 12.6.